The maximum Gasteiger partial charge on any atom is 0.310 e. The van der Waals surface area contributed by atoms with Gasteiger partial charge in [-0.15, -0.1) is 11.3 Å². The number of thiophene rings is 1. The molecule has 1 N–H and O–H groups in total. The van der Waals surface area contributed by atoms with Gasteiger partial charge in [-0.05, 0) is 30.2 Å². The summed E-state index contributed by atoms with van der Waals surface area (Å²) in [7, 11) is 1.35. The minimum absolute atomic E-state index is 0.191. The molecule has 1 aromatic heterocycles. The topological polar surface area (TPSA) is 55.4 Å². The lowest BCUT2D eigenvalue weighted by Crippen LogP contribution is -2.33. The van der Waals surface area contributed by atoms with E-state index in [0.717, 1.165) is 10.4 Å². The van der Waals surface area contributed by atoms with Crippen LogP contribution in [-0.2, 0) is 9.53 Å². The summed E-state index contributed by atoms with van der Waals surface area (Å²) >= 11 is 7.37. The fraction of sp³-hybridized carbons (Fsp3) is 0.294. The summed E-state index contributed by atoms with van der Waals surface area (Å²) in [6.45, 7) is 2.16. The minimum Gasteiger partial charge on any atom is -0.469 e. The van der Waals surface area contributed by atoms with E-state index in [9.17, 15) is 9.59 Å². The van der Waals surface area contributed by atoms with Crippen LogP contribution in [0.3, 0.4) is 0 Å². The smallest absolute Gasteiger partial charge is 0.310 e. The third-order valence-corrected chi connectivity index (χ3v) is 4.76. The number of amides is 1. The van der Waals surface area contributed by atoms with Crippen molar-refractivity contribution in [2.24, 2.45) is 5.92 Å². The Morgan fingerprint density at radius 3 is 2.61 bits per heavy atom. The van der Waals surface area contributed by atoms with E-state index >= 15 is 0 Å². The maximum absolute atomic E-state index is 12.2. The lowest BCUT2D eigenvalue weighted by atomic mass is 10.1. The van der Waals surface area contributed by atoms with Crippen LogP contribution >= 0.6 is 22.9 Å². The Morgan fingerprint density at radius 1 is 1.30 bits per heavy atom. The molecule has 0 saturated heterocycles. The van der Waals surface area contributed by atoms with Crippen LogP contribution in [0, 0.1) is 5.92 Å². The van der Waals surface area contributed by atoms with Crippen LogP contribution in [0.1, 0.15) is 23.7 Å². The number of halogens is 1. The predicted molar refractivity (Wildman–Crippen MR) is 92.9 cm³/mol. The summed E-state index contributed by atoms with van der Waals surface area (Å²) < 4.78 is 4.71. The summed E-state index contributed by atoms with van der Waals surface area (Å²) in [4.78, 5) is 24.7. The van der Waals surface area contributed by atoms with E-state index in [0.29, 0.717) is 17.0 Å². The average Bonchev–Trinajstić information content (AvgIpc) is 3.05. The molecule has 4 nitrogen and oxygen atoms in total. The average molecular weight is 352 g/mol. The number of ether oxygens (including phenoxy) is 1. The van der Waals surface area contributed by atoms with E-state index < -0.39 is 0 Å². The monoisotopic (exact) mass is 351 g/mol. The zero-order valence-electron chi connectivity index (χ0n) is 13.0. The molecule has 1 atom stereocenters. The Morgan fingerprint density at radius 2 is 2.00 bits per heavy atom. The van der Waals surface area contributed by atoms with Gasteiger partial charge in [0.25, 0.3) is 5.91 Å². The minimum atomic E-state index is -0.321. The van der Waals surface area contributed by atoms with Gasteiger partial charge in [-0.1, -0.05) is 30.7 Å². The second kappa shape index (κ2) is 8.13. The van der Waals surface area contributed by atoms with Gasteiger partial charge in [0.2, 0.25) is 0 Å². The van der Waals surface area contributed by atoms with Crippen LogP contribution < -0.4 is 5.32 Å². The van der Waals surface area contributed by atoms with Gasteiger partial charge in [-0.25, -0.2) is 0 Å². The normalized spacial score (nSPS) is 11.8. The molecule has 0 saturated carbocycles. The highest BCUT2D eigenvalue weighted by atomic mass is 35.5. The second-order valence-electron chi connectivity index (χ2n) is 5.04. The number of carbonyl (C=O) groups is 2. The van der Waals surface area contributed by atoms with E-state index in [1.165, 1.54) is 18.4 Å². The Kier molecular flexibility index (Phi) is 6.19. The van der Waals surface area contributed by atoms with Crippen molar-refractivity contribution in [2.75, 3.05) is 13.7 Å². The summed E-state index contributed by atoms with van der Waals surface area (Å²) in [5.74, 6) is -0.817. The van der Waals surface area contributed by atoms with Crippen molar-refractivity contribution in [1.82, 2.24) is 5.32 Å². The van der Waals surface area contributed by atoms with Crippen molar-refractivity contribution in [2.45, 2.75) is 13.3 Å². The van der Waals surface area contributed by atoms with Crippen molar-refractivity contribution >= 4 is 34.8 Å². The Hall–Kier alpha value is -1.85. The van der Waals surface area contributed by atoms with Gasteiger partial charge in [-0.3, -0.25) is 9.59 Å². The number of hydrogen-bond acceptors (Lipinski definition) is 4. The fourth-order valence-electron chi connectivity index (χ4n) is 2.10. The molecule has 0 aliphatic rings. The van der Waals surface area contributed by atoms with Crippen LogP contribution in [0.2, 0.25) is 5.02 Å². The first-order valence-corrected chi connectivity index (χ1v) is 8.51. The summed E-state index contributed by atoms with van der Waals surface area (Å²) in [6.07, 6.45) is 0.618. The molecule has 0 fully saturated rings. The number of methoxy groups -OCH3 is 1. The van der Waals surface area contributed by atoms with Crippen LogP contribution in [0.5, 0.6) is 0 Å². The molecule has 122 valence electrons. The van der Waals surface area contributed by atoms with Crippen molar-refractivity contribution in [3.63, 3.8) is 0 Å². The van der Waals surface area contributed by atoms with Gasteiger partial charge in [-0.2, -0.15) is 0 Å². The molecular formula is C17H18ClNO3S. The molecular weight excluding hydrogens is 334 g/mol. The molecule has 0 bridgehead atoms. The van der Waals surface area contributed by atoms with Gasteiger partial charge in [0, 0.05) is 21.8 Å². The Bertz CT molecular complexity index is 681. The number of benzene rings is 1. The Labute approximate surface area is 144 Å². The summed E-state index contributed by atoms with van der Waals surface area (Å²) in [6, 6.07) is 9.31. The molecule has 2 aromatic rings. The third-order valence-electron chi connectivity index (χ3n) is 3.53. The molecule has 0 radical (unpaired) electrons. The molecule has 0 aliphatic carbocycles. The maximum atomic E-state index is 12.2. The van der Waals surface area contributed by atoms with Gasteiger partial charge < -0.3 is 10.1 Å². The van der Waals surface area contributed by atoms with Crippen molar-refractivity contribution < 1.29 is 14.3 Å². The number of rotatable bonds is 6. The fourth-order valence-corrected chi connectivity index (χ4v) is 3.12. The van der Waals surface area contributed by atoms with E-state index in [-0.39, 0.29) is 24.3 Å². The molecule has 6 heteroatoms. The lowest BCUT2D eigenvalue weighted by molar-refractivity contribution is -0.145. The number of esters is 1. The van der Waals surface area contributed by atoms with E-state index in [1.807, 2.05) is 37.3 Å². The van der Waals surface area contributed by atoms with E-state index in [4.69, 9.17) is 16.3 Å². The van der Waals surface area contributed by atoms with Crippen molar-refractivity contribution in [1.29, 1.82) is 0 Å². The van der Waals surface area contributed by atoms with Crippen LogP contribution in [-0.4, -0.2) is 25.5 Å². The molecule has 0 aliphatic heterocycles. The van der Waals surface area contributed by atoms with Gasteiger partial charge in [0.15, 0.2) is 0 Å². The van der Waals surface area contributed by atoms with Crippen molar-refractivity contribution in [3.8, 4) is 10.4 Å². The quantitative estimate of drug-likeness (QED) is 0.800. The molecule has 1 heterocycles. The first-order chi connectivity index (χ1) is 11.0. The van der Waals surface area contributed by atoms with Gasteiger partial charge >= 0.3 is 5.97 Å². The highest BCUT2D eigenvalue weighted by molar-refractivity contribution is 7.13. The second-order valence-corrected chi connectivity index (χ2v) is 6.39. The standard InChI is InChI=1S/C17H18ClNO3S/c1-3-11(17(21)22-2)9-19-16(20)13-8-15(23-10-13)12-4-6-14(18)7-5-12/h4-8,10-11H,3,9H2,1-2H3,(H,19,20). The number of hydrogen-bond donors (Lipinski definition) is 1. The molecule has 2 rings (SSSR count). The van der Waals surface area contributed by atoms with Gasteiger partial charge in [0.1, 0.15) is 0 Å². The lowest BCUT2D eigenvalue weighted by Gasteiger charge is -2.12. The van der Waals surface area contributed by atoms with Crippen LogP contribution in [0.4, 0.5) is 0 Å². The Balaban J connectivity index is 2.01. The predicted octanol–water partition coefficient (Wildman–Crippen LogP) is 4.00. The highest BCUT2D eigenvalue weighted by Gasteiger charge is 2.18. The van der Waals surface area contributed by atoms with Crippen LogP contribution in [0.25, 0.3) is 10.4 Å². The van der Waals surface area contributed by atoms with Crippen LogP contribution in [0.15, 0.2) is 35.7 Å². The highest BCUT2D eigenvalue weighted by Crippen LogP contribution is 2.28. The zero-order valence-corrected chi connectivity index (χ0v) is 14.5. The molecule has 1 aromatic carbocycles. The third kappa shape index (κ3) is 4.56. The summed E-state index contributed by atoms with van der Waals surface area (Å²) in [5, 5.41) is 5.27. The molecule has 0 spiro atoms. The summed E-state index contributed by atoms with van der Waals surface area (Å²) in [5.41, 5.74) is 1.60. The zero-order chi connectivity index (χ0) is 16.8. The van der Waals surface area contributed by atoms with E-state index in [1.54, 1.807) is 5.38 Å². The molecule has 1 amide bonds. The van der Waals surface area contributed by atoms with Gasteiger partial charge in [0.05, 0.1) is 18.6 Å². The number of nitrogens with one attached hydrogen (secondary N) is 1. The molecule has 23 heavy (non-hydrogen) atoms. The van der Waals surface area contributed by atoms with E-state index in [2.05, 4.69) is 5.32 Å². The SMILES string of the molecule is CCC(CNC(=O)c1csc(-c2ccc(Cl)cc2)c1)C(=O)OC. The largest absolute Gasteiger partial charge is 0.469 e. The van der Waals surface area contributed by atoms with Crippen molar-refractivity contribution in [3.05, 3.63) is 46.3 Å². The first kappa shape index (κ1) is 17.5. The molecule has 1 unspecified atom stereocenters. The first-order valence-electron chi connectivity index (χ1n) is 7.25. The number of carbonyl (C=O) groups excluding carboxylic acids is 2.